The SMILES string of the molecule is CC[N+](C)(C)CCO.[Y]. The molecule has 0 bridgehead atoms. The van der Waals surface area contributed by atoms with Crippen molar-refractivity contribution in [2.24, 2.45) is 0 Å². The van der Waals surface area contributed by atoms with Crippen molar-refractivity contribution in [3.05, 3.63) is 0 Å². The van der Waals surface area contributed by atoms with Gasteiger partial charge in [0.05, 0.1) is 27.2 Å². The molecule has 0 aromatic heterocycles. The summed E-state index contributed by atoms with van der Waals surface area (Å²) in [6.07, 6.45) is 0. The Kier molecular flexibility index (Phi) is 8.15. The van der Waals surface area contributed by atoms with Crippen molar-refractivity contribution in [1.29, 1.82) is 0 Å². The molecule has 2 nitrogen and oxygen atoms in total. The van der Waals surface area contributed by atoms with Gasteiger partial charge in [-0.1, -0.05) is 0 Å². The zero-order valence-corrected chi connectivity index (χ0v) is 9.43. The topological polar surface area (TPSA) is 20.2 Å². The number of hydrogen-bond donors (Lipinski definition) is 1. The summed E-state index contributed by atoms with van der Waals surface area (Å²) in [6.45, 7) is 4.35. The number of rotatable bonds is 3. The van der Waals surface area contributed by atoms with Crippen molar-refractivity contribution in [3.8, 4) is 0 Å². The second kappa shape index (κ2) is 5.78. The van der Waals surface area contributed by atoms with Crippen LogP contribution in [0.25, 0.3) is 0 Å². The Hall–Kier alpha value is 1.02. The summed E-state index contributed by atoms with van der Waals surface area (Å²) in [4.78, 5) is 0. The minimum atomic E-state index is 0. The number of aliphatic hydroxyl groups excluding tert-OH is 1. The van der Waals surface area contributed by atoms with E-state index in [-0.39, 0.29) is 32.7 Å². The van der Waals surface area contributed by atoms with E-state index in [9.17, 15) is 0 Å². The van der Waals surface area contributed by atoms with Gasteiger partial charge in [-0.3, -0.25) is 0 Å². The molecule has 0 fully saturated rings. The summed E-state index contributed by atoms with van der Waals surface area (Å²) in [5, 5.41) is 8.52. The van der Waals surface area contributed by atoms with Crippen molar-refractivity contribution >= 4 is 0 Å². The molecular weight excluding hydrogens is 191 g/mol. The molecule has 1 radical (unpaired) electrons. The number of quaternary nitrogens is 1. The molecule has 0 spiro atoms. The molecule has 9 heavy (non-hydrogen) atoms. The quantitative estimate of drug-likeness (QED) is 0.649. The molecule has 1 N–H and O–H groups in total. The summed E-state index contributed by atoms with van der Waals surface area (Å²) >= 11 is 0. The van der Waals surface area contributed by atoms with E-state index in [1.807, 2.05) is 0 Å². The van der Waals surface area contributed by atoms with Crippen LogP contribution in [0.3, 0.4) is 0 Å². The van der Waals surface area contributed by atoms with E-state index >= 15 is 0 Å². The van der Waals surface area contributed by atoms with Gasteiger partial charge in [0.1, 0.15) is 6.54 Å². The van der Waals surface area contributed by atoms with Gasteiger partial charge in [0, 0.05) is 32.7 Å². The first-order valence-corrected chi connectivity index (χ1v) is 3.05. The zero-order chi connectivity index (χ0) is 6.62. The van der Waals surface area contributed by atoms with Crippen molar-refractivity contribution in [2.45, 2.75) is 6.92 Å². The Morgan fingerprint density at radius 1 is 1.33 bits per heavy atom. The van der Waals surface area contributed by atoms with Crippen molar-refractivity contribution < 1.29 is 42.3 Å². The minimum absolute atomic E-state index is 0. The van der Waals surface area contributed by atoms with Gasteiger partial charge in [-0.25, -0.2) is 0 Å². The summed E-state index contributed by atoms with van der Waals surface area (Å²) in [7, 11) is 4.21. The second-order valence-corrected chi connectivity index (χ2v) is 2.70. The smallest absolute Gasteiger partial charge is 0.102 e. The Morgan fingerprint density at radius 2 is 1.78 bits per heavy atom. The normalized spacial score (nSPS) is 10.7. The number of likely N-dealkylation sites (N-methyl/N-ethyl adjacent to an activating group) is 1. The fourth-order valence-electron chi connectivity index (χ4n) is 0.429. The molecule has 0 rings (SSSR count). The third-order valence-electron chi connectivity index (χ3n) is 1.56. The fraction of sp³-hybridized carbons (Fsp3) is 1.00. The van der Waals surface area contributed by atoms with Gasteiger partial charge in [0.25, 0.3) is 0 Å². The Morgan fingerprint density at radius 3 is 1.89 bits per heavy atom. The van der Waals surface area contributed by atoms with Gasteiger partial charge in [-0.05, 0) is 6.92 Å². The maximum absolute atomic E-state index is 8.52. The fourth-order valence-corrected chi connectivity index (χ4v) is 0.429. The summed E-state index contributed by atoms with van der Waals surface area (Å²) in [6, 6.07) is 0. The van der Waals surface area contributed by atoms with E-state index in [1.54, 1.807) is 0 Å². The van der Waals surface area contributed by atoms with E-state index < -0.39 is 0 Å². The molecule has 0 aliphatic rings. The average molecular weight is 207 g/mol. The first-order chi connectivity index (χ1) is 3.62. The van der Waals surface area contributed by atoms with Crippen molar-refractivity contribution in [2.75, 3.05) is 33.8 Å². The Balaban J connectivity index is 0. The maximum Gasteiger partial charge on any atom is 0.102 e. The summed E-state index contributed by atoms with van der Waals surface area (Å²) in [5.41, 5.74) is 0. The van der Waals surface area contributed by atoms with Crippen LogP contribution < -0.4 is 0 Å². The van der Waals surface area contributed by atoms with E-state index in [0.717, 1.165) is 17.6 Å². The van der Waals surface area contributed by atoms with E-state index in [4.69, 9.17) is 5.11 Å². The molecule has 53 valence electrons. The predicted octanol–water partition coefficient (Wildman–Crippen LogP) is 0.0725. The zero-order valence-electron chi connectivity index (χ0n) is 6.59. The number of nitrogens with zero attached hydrogens (tertiary/aromatic N) is 1. The summed E-state index contributed by atoms with van der Waals surface area (Å²) < 4.78 is 0.913. The van der Waals surface area contributed by atoms with Crippen molar-refractivity contribution in [3.63, 3.8) is 0 Å². The van der Waals surface area contributed by atoms with Gasteiger partial charge < -0.3 is 9.59 Å². The molecule has 0 aromatic rings. The van der Waals surface area contributed by atoms with Gasteiger partial charge >= 0.3 is 0 Å². The third-order valence-corrected chi connectivity index (χ3v) is 1.56. The molecule has 0 atom stereocenters. The molecule has 0 unspecified atom stereocenters. The molecule has 0 aliphatic heterocycles. The molecule has 3 heteroatoms. The van der Waals surface area contributed by atoms with E-state index in [1.165, 1.54) is 0 Å². The van der Waals surface area contributed by atoms with Crippen molar-refractivity contribution in [1.82, 2.24) is 0 Å². The van der Waals surface area contributed by atoms with Crippen LogP contribution in [-0.4, -0.2) is 43.4 Å². The maximum atomic E-state index is 8.52. The molecule has 0 saturated carbocycles. The summed E-state index contributed by atoms with van der Waals surface area (Å²) in [5.74, 6) is 0. The second-order valence-electron chi connectivity index (χ2n) is 2.70. The molecule has 0 amide bonds. The van der Waals surface area contributed by atoms with Crippen LogP contribution in [0.2, 0.25) is 0 Å². The molecule has 0 aromatic carbocycles. The molecule has 0 aliphatic carbocycles. The molecule has 0 saturated heterocycles. The molecular formula is C6H16NOY+. The third kappa shape index (κ3) is 6.91. The largest absolute Gasteiger partial charge is 0.391 e. The standard InChI is InChI=1S/C6H16NO.Y/c1-4-7(2,3)5-6-8;/h8H,4-6H2,1-3H3;/q+1;. The first kappa shape index (κ1) is 12.7. The average Bonchev–Trinajstić information content (AvgIpc) is 1.67. The van der Waals surface area contributed by atoms with Crippen LogP contribution in [0.4, 0.5) is 0 Å². The van der Waals surface area contributed by atoms with E-state index in [2.05, 4.69) is 21.0 Å². The van der Waals surface area contributed by atoms with Gasteiger partial charge in [0.2, 0.25) is 0 Å². The Bertz CT molecular complexity index is 66.1. The van der Waals surface area contributed by atoms with Crippen LogP contribution in [-0.2, 0) is 32.7 Å². The van der Waals surface area contributed by atoms with Crippen LogP contribution >= 0.6 is 0 Å². The van der Waals surface area contributed by atoms with Gasteiger partial charge in [-0.15, -0.1) is 0 Å². The van der Waals surface area contributed by atoms with E-state index in [0.29, 0.717) is 6.61 Å². The van der Waals surface area contributed by atoms with Gasteiger partial charge in [0.15, 0.2) is 0 Å². The first-order valence-electron chi connectivity index (χ1n) is 3.05. The molecule has 0 heterocycles. The minimum Gasteiger partial charge on any atom is -0.391 e. The van der Waals surface area contributed by atoms with Crippen LogP contribution in [0.5, 0.6) is 0 Å². The van der Waals surface area contributed by atoms with Crippen LogP contribution in [0.15, 0.2) is 0 Å². The van der Waals surface area contributed by atoms with Crippen LogP contribution in [0, 0.1) is 0 Å². The number of hydrogen-bond acceptors (Lipinski definition) is 1. The predicted molar refractivity (Wildman–Crippen MR) is 34.6 cm³/mol. The van der Waals surface area contributed by atoms with Gasteiger partial charge in [-0.2, -0.15) is 0 Å². The monoisotopic (exact) mass is 207 g/mol. The van der Waals surface area contributed by atoms with Crippen LogP contribution in [0.1, 0.15) is 6.92 Å². The number of aliphatic hydroxyl groups is 1. The Labute approximate surface area is 82.7 Å².